The fraction of sp³-hybridized carbons (Fsp3) is 0.211. The van der Waals surface area contributed by atoms with Crippen LogP contribution in [-0.4, -0.2) is 25.9 Å². The second-order valence-corrected chi connectivity index (χ2v) is 6.20. The van der Waals surface area contributed by atoms with Crippen molar-refractivity contribution in [2.75, 3.05) is 10.6 Å². The predicted molar refractivity (Wildman–Crippen MR) is 105 cm³/mol. The minimum atomic E-state index is -0.685. The second-order valence-electron chi connectivity index (χ2n) is 6.20. The molecule has 0 aliphatic heterocycles. The lowest BCUT2D eigenvalue weighted by Gasteiger charge is -2.14. The van der Waals surface area contributed by atoms with E-state index in [4.69, 9.17) is 0 Å². The number of nitro benzene ring substituents is 1. The van der Waals surface area contributed by atoms with Crippen molar-refractivity contribution >= 4 is 23.1 Å². The van der Waals surface area contributed by atoms with Crippen LogP contribution in [0.5, 0.6) is 0 Å². The van der Waals surface area contributed by atoms with E-state index in [0.717, 1.165) is 24.1 Å². The molecule has 1 atom stereocenters. The first-order valence-electron chi connectivity index (χ1n) is 8.73. The van der Waals surface area contributed by atoms with Gasteiger partial charge >= 0.3 is 0 Å². The summed E-state index contributed by atoms with van der Waals surface area (Å²) in [5.74, 6) is 0.0347. The summed E-state index contributed by atoms with van der Waals surface area (Å²) >= 11 is 0. The lowest BCUT2D eigenvalue weighted by molar-refractivity contribution is -0.384. The van der Waals surface area contributed by atoms with Crippen LogP contribution in [-0.2, 0) is 0 Å². The Labute approximate surface area is 161 Å². The Morgan fingerprint density at radius 1 is 1.25 bits per heavy atom. The quantitative estimate of drug-likeness (QED) is 0.456. The van der Waals surface area contributed by atoms with E-state index >= 15 is 0 Å². The number of anilines is 3. The van der Waals surface area contributed by atoms with Gasteiger partial charge in [0.1, 0.15) is 17.3 Å². The van der Waals surface area contributed by atoms with Crippen molar-refractivity contribution in [3.05, 3.63) is 64.7 Å². The first-order chi connectivity index (χ1) is 13.5. The molecule has 2 aromatic heterocycles. The van der Waals surface area contributed by atoms with Gasteiger partial charge in [0.15, 0.2) is 0 Å². The fourth-order valence-electron chi connectivity index (χ4n) is 2.46. The Balaban J connectivity index is 2.03. The molecule has 0 fully saturated rings. The van der Waals surface area contributed by atoms with Crippen molar-refractivity contribution in [3.8, 4) is 11.3 Å². The molecule has 0 saturated heterocycles. The maximum Gasteiger partial charge on any atom is 0.295 e. The zero-order valence-electron chi connectivity index (χ0n) is 15.4. The molecule has 1 aromatic carbocycles. The Hall–Kier alpha value is -3.62. The summed E-state index contributed by atoms with van der Waals surface area (Å²) < 4.78 is 13.4. The number of nitrogens with zero attached hydrogens (tertiary/aromatic N) is 4. The van der Waals surface area contributed by atoms with Gasteiger partial charge in [0, 0.05) is 30.1 Å². The third-order valence-corrected chi connectivity index (χ3v) is 4.09. The summed E-state index contributed by atoms with van der Waals surface area (Å²) in [6.07, 6.45) is 4.19. The highest BCUT2D eigenvalue weighted by Crippen LogP contribution is 2.29. The highest BCUT2D eigenvalue weighted by molar-refractivity contribution is 5.71. The molecule has 8 nitrogen and oxygen atoms in total. The molecule has 2 heterocycles. The molecule has 144 valence electrons. The Kier molecular flexibility index (Phi) is 5.73. The molecule has 0 amide bonds. The van der Waals surface area contributed by atoms with Gasteiger partial charge in [-0.3, -0.25) is 15.1 Å². The van der Waals surface area contributed by atoms with Crippen molar-refractivity contribution in [1.82, 2.24) is 15.0 Å². The number of aromatic nitrogens is 3. The smallest absolute Gasteiger partial charge is 0.295 e. The van der Waals surface area contributed by atoms with E-state index in [9.17, 15) is 14.5 Å². The van der Waals surface area contributed by atoms with Crippen LogP contribution in [0, 0.1) is 15.9 Å². The summed E-state index contributed by atoms with van der Waals surface area (Å²) in [5.41, 5.74) is 1.13. The van der Waals surface area contributed by atoms with E-state index in [1.165, 1.54) is 6.07 Å². The minimum absolute atomic E-state index is 0.136. The lowest BCUT2D eigenvalue weighted by atomic mass is 10.2. The topological polar surface area (TPSA) is 106 Å². The van der Waals surface area contributed by atoms with Crippen LogP contribution in [0.3, 0.4) is 0 Å². The minimum Gasteiger partial charge on any atom is -0.352 e. The number of rotatable bonds is 7. The van der Waals surface area contributed by atoms with E-state index in [-0.39, 0.29) is 17.4 Å². The summed E-state index contributed by atoms with van der Waals surface area (Å²) in [5, 5.41) is 17.4. The van der Waals surface area contributed by atoms with Crippen molar-refractivity contribution in [1.29, 1.82) is 0 Å². The van der Waals surface area contributed by atoms with Gasteiger partial charge in [-0.2, -0.15) is 4.98 Å². The average Bonchev–Trinajstić information content (AvgIpc) is 2.69. The van der Waals surface area contributed by atoms with Crippen LogP contribution in [0.15, 0.2) is 48.8 Å². The van der Waals surface area contributed by atoms with Crippen molar-refractivity contribution in [2.24, 2.45) is 0 Å². The highest BCUT2D eigenvalue weighted by Gasteiger charge is 2.17. The normalized spacial score (nSPS) is 11.7. The van der Waals surface area contributed by atoms with Gasteiger partial charge in [-0.25, -0.2) is 9.37 Å². The molecule has 0 bridgehead atoms. The third kappa shape index (κ3) is 4.56. The van der Waals surface area contributed by atoms with Gasteiger partial charge < -0.3 is 10.6 Å². The van der Waals surface area contributed by atoms with Crippen LogP contribution in [0.4, 0.5) is 27.5 Å². The molecule has 28 heavy (non-hydrogen) atoms. The predicted octanol–water partition coefficient (Wildman–Crippen LogP) is 4.54. The first-order valence-corrected chi connectivity index (χ1v) is 8.73. The second kappa shape index (κ2) is 8.38. The molecule has 0 unspecified atom stereocenters. The van der Waals surface area contributed by atoms with Crippen LogP contribution < -0.4 is 10.6 Å². The molecule has 2 N–H and O–H groups in total. The maximum atomic E-state index is 13.4. The van der Waals surface area contributed by atoms with Crippen molar-refractivity contribution in [2.45, 2.75) is 26.3 Å². The molecule has 0 radical (unpaired) electrons. The fourth-order valence-corrected chi connectivity index (χ4v) is 2.46. The Morgan fingerprint density at radius 3 is 2.75 bits per heavy atom. The number of hydrogen-bond acceptors (Lipinski definition) is 7. The number of hydrogen-bond donors (Lipinski definition) is 2. The monoisotopic (exact) mass is 382 g/mol. The molecule has 9 heteroatoms. The summed E-state index contributed by atoms with van der Waals surface area (Å²) in [7, 11) is 0. The van der Waals surface area contributed by atoms with Crippen LogP contribution in [0.25, 0.3) is 11.3 Å². The molecule has 3 rings (SSSR count). The molecule has 3 aromatic rings. The number of halogens is 1. The van der Waals surface area contributed by atoms with Crippen molar-refractivity contribution in [3.63, 3.8) is 0 Å². The molecule has 0 saturated carbocycles. The van der Waals surface area contributed by atoms with Crippen LogP contribution >= 0.6 is 0 Å². The van der Waals surface area contributed by atoms with E-state index in [1.807, 2.05) is 19.9 Å². The maximum absolute atomic E-state index is 13.4. The summed E-state index contributed by atoms with van der Waals surface area (Å²) in [6, 6.07) is 8.76. The number of benzene rings is 1. The highest BCUT2D eigenvalue weighted by atomic mass is 19.1. The van der Waals surface area contributed by atoms with Gasteiger partial charge in [0.25, 0.3) is 5.69 Å². The summed E-state index contributed by atoms with van der Waals surface area (Å²) in [4.78, 5) is 23.6. The Bertz CT molecular complexity index is 983. The first kappa shape index (κ1) is 19.2. The number of nitrogens with one attached hydrogen (secondary N) is 2. The SMILES string of the molecule is CC[C@@H](C)Nc1nc(Nc2ccc(F)cc2[N+](=O)[O-])cc(-c2cccnc2)n1. The van der Waals surface area contributed by atoms with E-state index in [1.54, 1.807) is 24.5 Å². The Morgan fingerprint density at radius 2 is 2.07 bits per heavy atom. The molecule has 0 spiro atoms. The molecular weight excluding hydrogens is 363 g/mol. The zero-order chi connectivity index (χ0) is 20.1. The number of nitro groups is 1. The zero-order valence-corrected chi connectivity index (χ0v) is 15.4. The van der Waals surface area contributed by atoms with Gasteiger partial charge in [0.05, 0.1) is 16.7 Å². The molecule has 0 aliphatic carbocycles. The van der Waals surface area contributed by atoms with E-state index in [2.05, 4.69) is 25.6 Å². The van der Waals surface area contributed by atoms with Gasteiger partial charge in [-0.15, -0.1) is 0 Å². The number of pyridine rings is 1. The third-order valence-electron chi connectivity index (χ3n) is 4.09. The van der Waals surface area contributed by atoms with Gasteiger partial charge in [0.2, 0.25) is 5.95 Å². The largest absolute Gasteiger partial charge is 0.352 e. The summed E-state index contributed by atoms with van der Waals surface area (Å²) in [6.45, 7) is 4.03. The van der Waals surface area contributed by atoms with Crippen LogP contribution in [0.2, 0.25) is 0 Å². The molecular formula is C19H19FN6O2. The standard InChI is InChI=1S/C19H19FN6O2/c1-3-12(2)22-19-24-16(13-5-4-8-21-11-13)10-18(25-19)23-15-7-6-14(20)9-17(15)26(27)28/h4-12H,3H2,1-2H3,(H2,22,23,24,25)/t12-/m1/s1. The van der Waals surface area contributed by atoms with E-state index < -0.39 is 10.7 Å². The van der Waals surface area contributed by atoms with Gasteiger partial charge in [-0.05, 0) is 37.6 Å². The molecule has 0 aliphatic rings. The van der Waals surface area contributed by atoms with E-state index in [0.29, 0.717) is 17.5 Å². The lowest BCUT2D eigenvalue weighted by Crippen LogP contribution is -2.16. The van der Waals surface area contributed by atoms with Crippen molar-refractivity contribution < 1.29 is 9.31 Å². The average molecular weight is 382 g/mol. The van der Waals surface area contributed by atoms with Crippen LogP contribution in [0.1, 0.15) is 20.3 Å². The van der Waals surface area contributed by atoms with Gasteiger partial charge in [-0.1, -0.05) is 6.92 Å².